The predicted octanol–water partition coefficient (Wildman–Crippen LogP) is 4.05. The maximum absolute atomic E-state index is 11.7. The zero-order chi connectivity index (χ0) is 19.5. The standard InChI is InChI=1S/C22H22N4O2/c1-15-20(10-11-22(15)27)23-18-5-3-4-17(12-18)21-14-26(25-24-21)13-16-6-8-19(28-2)9-7-16/h3-9,12,14,23H,10-11,13H2,1-2H3. The first-order valence-electron chi connectivity index (χ1n) is 9.26. The molecule has 6 heteroatoms. The number of ketones is 1. The van der Waals surface area contributed by atoms with Gasteiger partial charge in [0.25, 0.3) is 0 Å². The van der Waals surface area contributed by atoms with Gasteiger partial charge in [-0.25, -0.2) is 4.68 Å². The lowest BCUT2D eigenvalue weighted by molar-refractivity contribution is -0.114. The number of rotatable bonds is 6. The molecule has 0 unspecified atom stereocenters. The highest BCUT2D eigenvalue weighted by atomic mass is 16.5. The molecule has 142 valence electrons. The number of anilines is 1. The van der Waals surface area contributed by atoms with Crippen LogP contribution < -0.4 is 10.1 Å². The summed E-state index contributed by atoms with van der Waals surface area (Å²) in [6.07, 6.45) is 3.30. The molecule has 0 atom stereocenters. The smallest absolute Gasteiger partial charge is 0.160 e. The maximum atomic E-state index is 11.7. The summed E-state index contributed by atoms with van der Waals surface area (Å²) in [5, 5.41) is 11.9. The zero-order valence-corrected chi connectivity index (χ0v) is 16.0. The van der Waals surface area contributed by atoms with Crippen LogP contribution in [-0.2, 0) is 11.3 Å². The highest BCUT2D eigenvalue weighted by molar-refractivity contribution is 5.98. The van der Waals surface area contributed by atoms with E-state index in [0.29, 0.717) is 13.0 Å². The van der Waals surface area contributed by atoms with Crippen LogP contribution in [0.25, 0.3) is 11.3 Å². The van der Waals surface area contributed by atoms with Crippen LogP contribution >= 0.6 is 0 Å². The zero-order valence-electron chi connectivity index (χ0n) is 16.0. The number of ether oxygens (including phenoxy) is 1. The highest BCUT2D eigenvalue weighted by Crippen LogP contribution is 2.27. The Labute approximate surface area is 163 Å². The maximum Gasteiger partial charge on any atom is 0.160 e. The van der Waals surface area contributed by atoms with Gasteiger partial charge in [0.05, 0.1) is 19.9 Å². The van der Waals surface area contributed by atoms with Crippen molar-refractivity contribution in [2.75, 3.05) is 12.4 Å². The van der Waals surface area contributed by atoms with Crippen LogP contribution in [0.3, 0.4) is 0 Å². The molecular weight excluding hydrogens is 352 g/mol. The van der Waals surface area contributed by atoms with E-state index in [0.717, 1.165) is 45.9 Å². The minimum atomic E-state index is 0.222. The molecule has 3 aromatic rings. The van der Waals surface area contributed by atoms with Crippen LogP contribution in [0.5, 0.6) is 5.75 Å². The summed E-state index contributed by atoms with van der Waals surface area (Å²) in [4.78, 5) is 11.7. The summed E-state index contributed by atoms with van der Waals surface area (Å²) in [5.74, 6) is 1.06. The van der Waals surface area contributed by atoms with Crippen molar-refractivity contribution in [2.45, 2.75) is 26.3 Å². The first-order chi connectivity index (χ1) is 13.6. The van der Waals surface area contributed by atoms with Gasteiger partial charge >= 0.3 is 0 Å². The molecule has 0 bridgehead atoms. The van der Waals surface area contributed by atoms with Gasteiger partial charge in [-0.2, -0.15) is 0 Å². The molecule has 1 heterocycles. The Bertz CT molecular complexity index is 1030. The Hall–Kier alpha value is -3.41. The fourth-order valence-corrected chi connectivity index (χ4v) is 3.29. The third-order valence-electron chi connectivity index (χ3n) is 4.97. The Kier molecular flexibility index (Phi) is 4.93. The number of aromatic nitrogens is 3. The molecule has 1 aliphatic rings. The number of allylic oxidation sites excluding steroid dienone is 2. The van der Waals surface area contributed by atoms with Gasteiger partial charge in [-0.05, 0) is 43.2 Å². The molecule has 0 saturated heterocycles. The molecule has 0 radical (unpaired) electrons. The van der Waals surface area contributed by atoms with Crippen LogP contribution in [0.1, 0.15) is 25.3 Å². The van der Waals surface area contributed by atoms with Gasteiger partial charge in [-0.3, -0.25) is 4.79 Å². The molecule has 6 nitrogen and oxygen atoms in total. The van der Waals surface area contributed by atoms with E-state index in [9.17, 15) is 4.79 Å². The quantitative estimate of drug-likeness (QED) is 0.705. The second kappa shape index (κ2) is 7.68. The number of carbonyl (C=O) groups excluding carboxylic acids is 1. The number of Topliss-reactive ketones (excluding diaryl/α,β-unsaturated/α-hetero) is 1. The normalized spacial score (nSPS) is 13.9. The molecule has 0 amide bonds. The summed E-state index contributed by atoms with van der Waals surface area (Å²) in [5.41, 5.74) is 5.70. The molecule has 1 aromatic heterocycles. The molecule has 0 aliphatic heterocycles. The largest absolute Gasteiger partial charge is 0.497 e. The topological polar surface area (TPSA) is 69.0 Å². The van der Waals surface area contributed by atoms with E-state index in [-0.39, 0.29) is 5.78 Å². The fourth-order valence-electron chi connectivity index (χ4n) is 3.29. The van der Waals surface area contributed by atoms with E-state index in [4.69, 9.17) is 4.74 Å². The minimum Gasteiger partial charge on any atom is -0.497 e. The van der Waals surface area contributed by atoms with Crippen LogP contribution in [-0.4, -0.2) is 27.9 Å². The number of nitrogens with zero attached hydrogens (tertiary/aromatic N) is 3. The Morgan fingerprint density at radius 2 is 1.96 bits per heavy atom. The SMILES string of the molecule is COc1ccc(Cn2cc(-c3cccc(NC4=C(C)C(=O)CC4)c3)nn2)cc1. The first kappa shape index (κ1) is 18.0. The van der Waals surface area contributed by atoms with Gasteiger partial charge in [0.15, 0.2) is 5.78 Å². The summed E-state index contributed by atoms with van der Waals surface area (Å²) in [6.45, 7) is 2.52. The van der Waals surface area contributed by atoms with Crippen molar-refractivity contribution in [3.63, 3.8) is 0 Å². The molecule has 28 heavy (non-hydrogen) atoms. The summed E-state index contributed by atoms with van der Waals surface area (Å²) in [7, 11) is 1.66. The highest BCUT2D eigenvalue weighted by Gasteiger charge is 2.19. The van der Waals surface area contributed by atoms with Crippen molar-refractivity contribution >= 4 is 11.5 Å². The van der Waals surface area contributed by atoms with E-state index >= 15 is 0 Å². The van der Waals surface area contributed by atoms with Crippen molar-refractivity contribution in [2.24, 2.45) is 0 Å². The molecule has 4 rings (SSSR count). The Morgan fingerprint density at radius 1 is 1.14 bits per heavy atom. The second-order valence-corrected chi connectivity index (χ2v) is 6.88. The molecule has 0 spiro atoms. The van der Waals surface area contributed by atoms with Crippen LogP contribution in [0, 0.1) is 0 Å². The predicted molar refractivity (Wildman–Crippen MR) is 108 cm³/mol. The van der Waals surface area contributed by atoms with Crippen LogP contribution in [0.15, 0.2) is 66.0 Å². The number of benzene rings is 2. The van der Waals surface area contributed by atoms with Gasteiger partial charge in [-0.15, -0.1) is 5.10 Å². The Morgan fingerprint density at radius 3 is 2.68 bits per heavy atom. The number of carbonyl (C=O) groups is 1. The van der Waals surface area contributed by atoms with Gasteiger partial charge in [-0.1, -0.05) is 29.5 Å². The van der Waals surface area contributed by atoms with Crippen molar-refractivity contribution in [1.29, 1.82) is 0 Å². The minimum absolute atomic E-state index is 0.222. The second-order valence-electron chi connectivity index (χ2n) is 6.88. The van der Waals surface area contributed by atoms with E-state index in [1.165, 1.54) is 0 Å². The Balaban J connectivity index is 1.49. The first-order valence-corrected chi connectivity index (χ1v) is 9.26. The summed E-state index contributed by atoms with van der Waals surface area (Å²) >= 11 is 0. The third-order valence-corrected chi connectivity index (χ3v) is 4.97. The summed E-state index contributed by atoms with van der Waals surface area (Å²) < 4.78 is 7.01. The number of hydrogen-bond donors (Lipinski definition) is 1. The van der Waals surface area contributed by atoms with Gasteiger partial charge in [0, 0.05) is 28.9 Å². The van der Waals surface area contributed by atoms with Gasteiger partial charge in [0.1, 0.15) is 11.4 Å². The molecule has 1 aliphatic carbocycles. The van der Waals surface area contributed by atoms with Gasteiger partial charge < -0.3 is 10.1 Å². The lowest BCUT2D eigenvalue weighted by atomic mass is 10.1. The van der Waals surface area contributed by atoms with Crippen molar-refractivity contribution < 1.29 is 9.53 Å². The van der Waals surface area contributed by atoms with Crippen LogP contribution in [0.2, 0.25) is 0 Å². The number of hydrogen-bond acceptors (Lipinski definition) is 5. The lowest BCUT2D eigenvalue weighted by Gasteiger charge is -2.09. The van der Waals surface area contributed by atoms with Crippen molar-refractivity contribution in [1.82, 2.24) is 15.0 Å². The van der Waals surface area contributed by atoms with Crippen LogP contribution in [0.4, 0.5) is 5.69 Å². The van der Waals surface area contributed by atoms with Crippen molar-refractivity contribution in [3.8, 4) is 17.0 Å². The third kappa shape index (κ3) is 3.81. The average Bonchev–Trinajstić information content (AvgIpc) is 3.31. The van der Waals surface area contributed by atoms with E-state index < -0.39 is 0 Å². The fraction of sp³-hybridized carbons (Fsp3) is 0.227. The number of methoxy groups -OCH3 is 1. The molecule has 2 aromatic carbocycles. The molecular formula is C22H22N4O2. The average molecular weight is 374 g/mol. The summed E-state index contributed by atoms with van der Waals surface area (Å²) in [6, 6.07) is 15.9. The monoisotopic (exact) mass is 374 g/mol. The number of nitrogens with one attached hydrogen (secondary N) is 1. The van der Waals surface area contributed by atoms with Gasteiger partial charge in [0.2, 0.25) is 0 Å². The van der Waals surface area contributed by atoms with Crippen molar-refractivity contribution in [3.05, 3.63) is 71.6 Å². The van der Waals surface area contributed by atoms with E-state index in [1.54, 1.807) is 7.11 Å². The molecule has 1 N–H and O–H groups in total. The molecule has 0 saturated carbocycles. The lowest BCUT2D eigenvalue weighted by Crippen LogP contribution is -2.00. The van der Waals surface area contributed by atoms with E-state index in [2.05, 4.69) is 15.6 Å². The molecule has 0 fully saturated rings. The van der Waals surface area contributed by atoms with E-state index in [1.807, 2.05) is 66.3 Å².